The molecule has 0 spiro atoms. The smallest absolute Gasteiger partial charge is 0.416 e. The highest BCUT2D eigenvalue weighted by molar-refractivity contribution is 5.83. The molecule has 0 bridgehead atoms. The molecule has 0 aliphatic carbocycles. The van der Waals surface area contributed by atoms with Crippen molar-refractivity contribution in [2.24, 2.45) is 5.10 Å². The molecule has 34 heavy (non-hydrogen) atoms. The Kier molecular flexibility index (Phi) is 6.56. The van der Waals surface area contributed by atoms with E-state index in [-0.39, 0.29) is 11.4 Å². The van der Waals surface area contributed by atoms with Crippen molar-refractivity contribution in [3.05, 3.63) is 85.2 Å². The molecule has 178 valence electrons. The zero-order chi connectivity index (χ0) is 25.2. The van der Waals surface area contributed by atoms with Crippen LogP contribution in [0.3, 0.4) is 0 Å². The second kappa shape index (κ2) is 9.21. The van der Waals surface area contributed by atoms with Gasteiger partial charge in [-0.05, 0) is 38.1 Å². The van der Waals surface area contributed by atoms with E-state index in [9.17, 15) is 33.4 Å². The number of nitro groups is 2. The predicted molar refractivity (Wildman–Crippen MR) is 118 cm³/mol. The average molecular weight is 477 g/mol. The van der Waals surface area contributed by atoms with Crippen molar-refractivity contribution >= 4 is 23.3 Å². The van der Waals surface area contributed by atoms with E-state index < -0.39 is 27.3 Å². The van der Waals surface area contributed by atoms with E-state index in [2.05, 4.69) is 10.5 Å². The number of halogens is 3. The number of aromatic nitrogens is 1. The molecule has 0 amide bonds. The van der Waals surface area contributed by atoms with Crippen LogP contribution in [0.1, 0.15) is 22.5 Å². The Morgan fingerprint density at radius 3 is 2.35 bits per heavy atom. The summed E-state index contributed by atoms with van der Waals surface area (Å²) in [5, 5.41) is 26.3. The van der Waals surface area contributed by atoms with Crippen LogP contribution >= 0.6 is 0 Å². The van der Waals surface area contributed by atoms with Gasteiger partial charge in [0.25, 0.3) is 11.4 Å². The molecule has 3 aromatic rings. The highest BCUT2D eigenvalue weighted by atomic mass is 19.4. The van der Waals surface area contributed by atoms with Gasteiger partial charge >= 0.3 is 6.18 Å². The Labute approximate surface area is 190 Å². The number of hydrogen-bond donors (Lipinski definition) is 1. The number of aryl methyl sites for hydroxylation is 1. The molecule has 0 fully saturated rings. The molecule has 3 rings (SSSR count). The topological polar surface area (TPSA) is 125 Å². The van der Waals surface area contributed by atoms with Crippen molar-refractivity contribution < 1.29 is 27.8 Å². The highest BCUT2D eigenvalue weighted by Gasteiger charge is 2.33. The van der Waals surface area contributed by atoms with Crippen molar-refractivity contribution in [1.82, 2.24) is 4.57 Å². The number of benzene rings is 2. The molecule has 0 aliphatic heterocycles. The van der Waals surface area contributed by atoms with Crippen molar-refractivity contribution in [1.29, 1.82) is 0 Å². The third kappa shape index (κ3) is 4.82. The maximum Gasteiger partial charge on any atom is 0.416 e. The summed E-state index contributed by atoms with van der Waals surface area (Å²) in [6.07, 6.45) is -3.39. The van der Waals surface area contributed by atoms with Crippen LogP contribution in [0.2, 0.25) is 0 Å². The number of nitro benzene ring substituents is 2. The Morgan fingerprint density at radius 1 is 1.06 bits per heavy atom. The Hall–Kier alpha value is -4.42. The molecule has 0 saturated heterocycles. The molecule has 0 saturated carbocycles. The van der Waals surface area contributed by atoms with Gasteiger partial charge in [0.15, 0.2) is 0 Å². The summed E-state index contributed by atoms with van der Waals surface area (Å²) in [5.41, 5.74) is 2.44. The minimum Gasteiger partial charge on any atom is -0.495 e. The van der Waals surface area contributed by atoms with Crippen molar-refractivity contribution in [2.45, 2.75) is 20.0 Å². The number of nitrogens with one attached hydrogen (secondary N) is 1. The van der Waals surface area contributed by atoms with Crippen LogP contribution in [0.25, 0.3) is 5.69 Å². The van der Waals surface area contributed by atoms with E-state index in [1.165, 1.54) is 31.5 Å². The number of methoxy groups -OCH3 is 1. The first-order valence-corrected chi connectivity index (χ1v) is 9.60. The summed E-state index contributed by atoms with van der Waals surface area (Å²) in [6, 6.07) is 7.95. The summed E-state index contributed by atoms with van der Waals surface area (Å²) >= 11 is 0. The summed E-state index contributed by atoms with van der Waals surface area (Å²) in [7, 11) is 1.43. The first-order chi connectivity index (χ1) is 15.9. The van der Waals surface area contributed by atoms with E-state index in [0.717, 1.165) is 6.07 Å². The minimum atomic E-state index is -4.72. The van der Waals surface area contributed by atoms with Crippen LogP contribution in [-0.4, -0.2) is 27.7 Å². The predicted octanol–water partition coefficient (Wildman–Crippen LogP) is 5.38. The van der Waals surface area contributed by atoms with Gasteiger partial charge in [0, 0.05) is 35.2 Å². The SMILES string of the molecule is COc1ccc([N+](=O)[O-])cc1-n1c(C)cc(/C=N\Nc2ccc(C(F)(F)F)cc2[N+](=O)[O-])c1C. The van der Waals surface area contributed by atoms with Gasteiger partial charge in [-0.25, -0.2) is 0 Å². The van der Waals surface area contributed by atoms with E-state index in [1.54, 1.807) is 24.5 Å². The standard InChI is InChI=1S/C21H18F3N5O5/c1-12-8-14(13(2)27(12)19-10-16(28(30)31)5-7-20(19)34-3)11-25-26-17-6-4-15(21(22,23)24)9-18(17)29(32)33/h4-11,26H,1-3H3/b25-11-. The van der Waals surface area contributed by atoms with Crippen LogP contribution in [0, 0.1) is 34.1 Å². The molecule has 10 nitrogen and oxygen atoms in total. The van der Waals surface area contributed by atoms with E-state index in [0.29, 0.717) is 40.5 Å². The van der Waals surface area contributed by atoms with E-state index in [1.807, 2.05) is 0 Å². The lowest BCUT2D eigenvalue weighted by Gasteiger charge is -2.13. The fourth-order valence-electron chi connectivity index (χ4n) is 3.38. The first kappa shape index (κ1) is 24.2. The lowest BCUT2D eigenvalue weighted by atomic mass is 10.1. The highest BCUT2D eigenvalue weighted by Crippen LogP contribution is 2.35. The lowest BCUT2D eigenvalue weighted by Crippen LogP contribution is -2.06. The molecule has 1 heterocycles. The zero-order valence-electron chi connectivity index (χ0n) is 18.1. The second-order valence-electron chi connectivity index (χ2n) is 7.13. The van der Waals surface area contributed by atoms with Crippen molar-refractivity contribution in [2.75, 3.05) is 12.5 Å². The summed E-state index contributed by atoms with van der Waals surface area (Å²) in [6.45, 7) is 3.49. The number of anilines is 1. The molecule has 2 aromatic carbocycles. The van der Waals surface area contributed by atoms with Gasteiger partial charge in [0.05, 0.1) is 34.4 Å². The van der Waals surface area contributed by atoms with Crippen molar-refractivity contribution in [3.8, 4) is 11.4 Å². The van der Waals surface area contributed by atoms with Crippen LogP contribution in [0.15, 0.2) is 47.6 Å². The molecule has 1 aromatic heterocycles. The molecule has 0 radical (unpaired) electrons. The first-order valence-electron chi connectivity index (χ1n) is 9.60. The molecule has 0 unspecified atom stereocenters. The van der Waals surface area contributed by atoms with Crippen molar-refractivity contribution in [3.63, 3.8) is 0 Å². The minimum absolute atomic E-state index is 0.130. The molecule has 1 N–H and O–H groups in total. The molecule has 0 atom stereocenters. The summed E-state index contributed by atoms with van der Waals surface area (Å²) < 4.78 is 45.6. The Morgan fingerprint density at radius 2 is 1.76 bits per heavy atom. The number of ether oxygens (including phenoxy) is 1. The fraction of sp³-hybridized carbons (Fsp3) is 0.190. The Balaban J connectivity index is 1.95. The fourth-order valence-corrected chi connectivity index (χ4v) is 3.38. The van der Waals surface area contributed by atoms with Gasteiger partial charge in [0.1, 0.15) is 11.4 Å². The number of hydrogen-bond acceptors (Lipinski definition) is 7. The maximum absolute atomic E-state index is 12.9. The molecule has 13 heteroatoms. The van der Waals surface area contributed by atoms with Gasteiger partial charge in [-0.15, -0.1) is 0 Å². The second-order valence-corrected chi connectivity index (χ2v) is 7.13. The largest absolute Gasteiger partial charge is 0.495 e. The maximum atomic E-state index is 12.9. The van der Waals surface area contributed by atoms with Crippen LogP contribution in [0.5, 0.6) is 5.75 Å². The van der Waals surface area contributed by atoms with E-state index in [4.69, 9.17) is 4.74 Å². The molecular formula is C21H18F3N5O5. The number of alkyl halides is 3. The monoisotopic (exact) mass is 477 g/mol. The summed E-state index contributed by atoms with van der Waals surface area (Å²) in [4.78, 5) is 21.0. The average Bonchev–Trinajstić information content (AvgIpc) is 3.05. The molecule has 0 aliphatic rings. The number of hydrazone groups is 1. The van der Waals surface area contributed by atoms with Crippen LogP contribution in [0.4, 0.5) is 30.2 Å². The quantitative estimate of drug-likeness (QED) is 0.277. The lowest BCUT2D eigenvalue weighted by molar-refractivity contribution is -0.384. The van der Waals surface area contributed by atoms with Gasteiger partial charge in [-0.2, -0.15) is 18.3 Å². The summed E-state index contributed by atoms with van der Waals surface area (Å²) in [5.74, 6) is 0.398. The van der Waals surface area contributed by atoms with Crippen LogP contribution < -0.4 is 10.2 Å². The van der Waals surface area contributed by atoms with Gasteiger partial charge in [-0.3, -0.25) is 25.7 Å². The van der Waals surface area contributed by atoms with E-state index >= 15 is 0 Å². The third-order valence-electron chi connectivity index (χ3n) is 4.99. The Bertz CT molecular complexity index is 1300. The van der Waals surface area contributed by atoms with Gasteiger partial charge < -0.3 is 9.30 Å². The normalized spacial score (nSPS) is 11.6. The van der Waals surface area contributed by atoms with Gasteiger partial charge in [-0.1, -0.05) is 0 Å². The molecular weight excluding hydrogens is 459 g/mol. The zero-order valence-corrected chi connectivity index (χ0v) is 18.1. The third-order valence-corrected chi connectivity index (χ3v) is 4.99. The van der Waals surface area contributed by atoms with Crippen LogP contribution in [-0.2, 0) is 6.18 Å². The number of non-ortho nitro benzene ring substituents is 1. The number of rotatable bonds is 7. The van der Waals surface area contributed by atoms with Gasteiger partial charge in [0.2, 0.25) is 0 Å². The number of nitrogens with zero attached hydrogens (tertiary/aromatic N) is 4.